The average molecular weight is 275 g/mol. The summed E-state index contributed by atoms with van der Waals surface area (Å²) in [5.41, 5.74) is 2.97. The van der Waals surface area contributed by atoms with Crippen LogP contribution < -0.4 is 4.74 Å². The van der Waals surface area contributed by atoms with E-state index in [4.69, 9.17) is 4.74 Å². The predicted octanol–water partition coefficient (Wildman–Crippen LogP) is 2.82. The van der Waals surface area contributed by atoms with Gasteiger partial charge in [0.2, 0.25) is 5.88 Å². The van der Waals surface area contributed by atoms with Crippen LogP contribution in [-0.4, -0.2) is 21.6 Å². The Hall–Kier alpha value is -2.93. The molecule has 0 N–H and O–H groups in total. The van der Waals surface area contributed by atoms with E-state index < -0.39 is 0 Å². The number of aromatic nitrogens is 3. The van der Waals surface area contributed by atoms with Crippen LogP contribution in [0, 0.1) is 11.8 Å². The molecule has 2 heterocycles. The molecule has 1 aromatic carbocycles. The summed E-state index contributed by atoms with van der Waals surface area (Å²) >= 11 is 0. The molecule has 4 heteroatoms. The molecule has 2 aromatic heterocycles. The molecule has 0 fully saturated rings. The molecule has 0 aliphatic carbocycles. The van der Waals surface area contributed by atoms with Crippen molar-refractivity contribution in [2.45, 2.75) is 6.92 Å². The first-order valence-corrected chi connectivity index (χ1v) is 6.68. The Morgan fingerprint density at radius 1 is 1.00 bits per heavy atom. The third-order valence-electron chi connectivity index (χ3n) is 2.81. The van der Waals surface area contributed by atoms with Crippen molar-refractivity contribution in [1.29, 1.82) is 0 Å². The topological polar surface area (TPSA) is 47.9 Å². The number of hydrogen-bond donors (Lipinski definition) is 0. The van der Waals surface area contributed by atoms with Gasteiger partial charge in [-0.05, 0) is 37.1 Å². The van der Waals surface area contributed by atoms with E-state index in [1.165, 1.54) is 0 Å². The SMILES string of the molecule is CCOc1nc2ccccc2nc1C#Cc1cccnc1. The quantitative estimate of drug-likeness (QED) is 0.675. The minimum absolute atomic E-state index is 0.465. The molecule has 3 rings (SSSR count). The summed E-state index contributed by atoms with van der Waals surface area (Å²) in [6.07, 6.45) is 3.43. The number of para-hydroxylation sites is 2. The van der Waals surface area contributed by atoms with E-state index >= 15 is 0 Å². The van der Waals surface area contributed by atoms with Gasteiger partial charge in [-0.25, -0.2) is 9.97 Å². The Labute approximate surface area is 122 Å². The Kier molecular flexibility index (Phi) is 3.74. The number of pyridine rings is 1. The molecular weight excluding hydrogens is 262 g/mol. The zero-order chi connectivity index (χ0) is 14.5. The van der Waals surface area contributed by atoms with Crippen LogP contribution in [0.25, 0.3) is 11.0 Å². The van der Waals surface area contributed by atoms with Crippen LogP contribution in [0.15, 0.2) is 48.8 Å². The number of fused-ring (bicyclic) bond motifs is 1. The van der Waals surface area contributed by atoms with Crippen molar-refractivity contribution in [3.63, 3.8) is 0 Å². The van der Waals surface area contributed by atoms with Crippen molar-refractivity contribution in [2.75, 3.05) is 6.61 Å². The third kappa shape index (κ3) is 2.98. The van der Waals surface area contributed by atoms with Crippen LogP contribution in [-0.2, 0) is 0 Å². The van der Waals surface area contributed by atoms with Crippen LogP contribution in [0.2, 0.25) is 0 Å². The second-order valence-corrected chi connectivity index (χ2v) is 4.29. The second-order valence-electron chi connectivity index (χ2n) is 4.29. The second kappa shape index (κ2) is 6.02. The van der Waals surface area contributed by atoms with Gasteiger partial charge in [-0.2, -0.15) is 0 Å². The Morgan fingerprint density at radius 3 is 2.52 bits per heavy atom. The zero-order valence-electron chi connectivity index (χ0n) is 11.6. The summed E-state index contributed by atoms with van der Waals surface area (Å²) in [4.78, 5) is 13.0. The number of nitrogens with zero attached hydrogens (tertiary/aromatic N) is 3. The Balaban J connectivity index is 2.08. The lowest BCUT2D eigenvalue weighted by Gasteiger charge is -2.05. The molecule has 0 saturated carbocycles. The smallest absolute Gasteiger partial charge is 0.249 e. The molecule has 0 bridgehead atoms. The molecule has 0 aliphatic rings. The molecule has 0 radical (unpaired) electrons. The number of ether oxygens (including phenoxy) is 1. The van der Waals surface area contributed by atoms with Gasteiger partial charge in [-0.15, -0.1) is 0 Å². The van der Waals surface area contributed by atoms with Gasteiger partial charge in [-0.3, -0.25) is 4.98 Å². The van der Waals surface area contributed by atoms with Gasteiger partial charge < -0.3 is 4.74 Å². The first-order chi connectivity index (χ1) is 10.4. The fourth-order valence-electron chi connectivity index (χ4n) is 1.87. The maximum Gasteiger partial charge on any atom is 0.249 e. The molecule has 0 unspecified atom stereocenters. The fraction of sp³-hybridized carbons (Fsp3) is 0.118. The van der Waals surface area contributed by atoms with E-state index in [0.717, 1.165) is 16.6 Å². The van der Waals surface area contributed by atoms with E-state index in [0.29, 0.717) is 18.2 Å². The Bertz CT molecular complexity index is 820. The summed E-state index contributed by atoms with van der Waals surface area (Å²) in [5, 5.41) is 0. The third-order valence-corrected chi connectivity index (χ3v) is 2.81. The molecule has 21 heavy (non-hydrogen) atoms. The summed E-state index contributed by atoms with van der Waals surface area (Å²) in [6.45, 7) is 2.43. The van der Waals surface area contributed by atoms with Crippen molar-refractivity contribution in [2.24, 2.45) is 0 Å². The largest absolute Gasteiger partial charge is 0.476 e. The monoisotopic (exact) mass is 275 g/mol. The highest BCUT2D eigenvalue weighted by Gasteiger charge is 2.07. The van der Waals surface area contributed by atoms with Crippen LogP contribution in [0.5, 0.6) is 5.88 Å². The summed E-state index contributed by atoms with van der Waals surface area (Å²) in [7, 11) is 0. The highest BCUT2D eigenvalue weighted by atomic mass is 16.5. The number of hydrogen-bond acceptors (Lipinski definition) is 4. The van der Waals surface area contributed by atoms with E-state index in [1.54, 1.807) is 12.4 Å². The molecule has 0 spiro atoms. The van der Waals surface area contributed by atoms with E-state index in [1.807, 2.05) is 43.3 Å². The number of rotatable bonds is 2. The van der Waals surface area contributed by atoms with Gasteiger partial charge >= 0.3 is 0 Å². The van der Waals surface area contributed by atoms with Gasteiger partial charge in [-0.1, -0.05) is 18.1 Å². The first kappa shape index (κ1) is 13.1. The summed E-state index contributed by atoms with van der Waals surface area (Å²) < 4.78 is 5.54. The standard InChI is InChI=1S/C17H13N3O/c1-2-21-17-16(10-9-13-6-5-11-18-12-13)19-14-7-3-4-8-15(14)20-17/h3-8,11-12H,2H2,1H3. The number of benzene rings is 1. The van der Waals surface area contributed by atoms with Crippen LogP contribution in [0.1, 0.15) is 18.2 Å². The lowest BCUT2D eigenvalue weighted by Crippen LogP contribution is -2.00. The van der Waals surface area contributed by atoms with Crippen LogP contribution in [0.4, 0.5) is 0 Å². The molecule has 0 amide bonds. The van der Waals surface area contributed by atoms with Gasteiger partial charge in [0, 0.05) is 18.0 Å². The summed E-state index contributed by atoms with van der Waals surface area (Å²) in [5.74, 6) is 6.51. The van der Waals surface area contributed by atoms with Crippen molar-refractivity contribution >= 4 is 11.0 Å². The molecule has 102 valence electrons. The summed E-state index contributed by atoms with van der Waals surface area (Å²) in [6, 6.07) is 11.4. The highest BCUT2D eigenvalue weighted by Crippen LogP contribution is 2.18. The van der Waals surface area contributed by atoms with Gasteiger partial charge in [0.1, 0.15) is 0 Å². The van der Waals surface area contributed by atoms with Gasteiger partial charge in [0.15, 0.2) is 5.69 Å². The van der Waals surface area contributed by atoms with Gasteiger partial charge in [0.25, 0.3) is 0 Å². The zero-order valence-corrected chi connectivity index (χ0v) is 11.6. The van der Waals surface area contributed by atoms with Crippen LogP contribution >= 0.6 is 0 Å². The molecule has 0 atom stereocenters. The molecule has 0 aliphatic heterocycles. The first-order valence-electron chi connectivity index (χ1n) is 6.68. The normalized spacial score (nSPS) is 9.95. The molecule has 4 nitrogen and oxygen atoms in total. The minimum Gasteiger partial charge on any atom is -0.476 e. The van der Waals surface area contributed by atoms with E-state index in [-0.39, 0.29) is 0 Å². The minimum atomic E-state index is 0.465. The highest BCUT2D eigenvalue weighted by molar-refractivity contribution is 5.75. The maximum absolute atomic E-state index is 5.54. The average Bonchev–Trinajstić information content (AvgIpc) is 2.54. The van der Waals surface area contributed by atoms with Crippen molar-refractivity contribution < 1.29 is 4.74 Å². The lowest BCUT2D eigenvalue weighted by atomic mass is 10.2. The van der Waals surface area contributed by atoms with Crippen molar-refractivity contribution in [3.8, 4) is 17.7 Å². The molecular formula is C17H13N3O. The van der Waals surface area contributed by atoms with Crippen molar-refractivity contribution in [1.82, 2.24) is 15.0 Å². The molecule has 0 saturated heterocycles. The lowest BCUT2D eigenvalue weighted by molar-refractivity contribution is 0.325. The van der Waals surface area contributed by atoms with Gasteiger partial charge in [0.05, 0.1) is 17.6 Å². The fourth-order valence-corrected chi connectivity index (χ4v) is 1.87. The Morgan fingerprint density at radius 2 is 1.81 bits per heavy atom. The van der Waals surface area contributed by atoms with Crippen molar-refractivity contribution in [3.05, 3.63) is 60.0 Å². The molecule has 3 aromatic rings. The maximum atomic E-state index is 5.54. The van der Waals surface area contributed by atoms with E-state index in [2.05, 4.69) is 26.8 Å². The predicted molar refractivity (Wildman–Crippen MR) is 80.9 cm³/mol. The van der Waals surface area contributed by atoms with E-state index in [9.17, 15) is 0 Å². The van der Waals surface area contributed by atoms with Crippen LogP contribution in [0.3, 0.4) is 0 Å².